The van der Waals surface area contributed by atoms with Crippen molar-refractivity contribution in [2.45, 2.75) is 33.0 Å². The highest BCUT2D eigenvalue weighted by Gasteiger charge is 2.22. The van der Waals surface area contributed by atoms with Crippen molar-refractivity contribution in [2.75, 3.05) is 0 Å². The normalized spacial score (nSPS) is 11.3. The quantitative estimate of drug-likeness (QED) is 0.598. The van der Waals surface area contributed by atoms with Crippen LogP contribution in [0.25, 0.3) is 0 Å². The summed E-state index contributed by atoms with van der Waals surface area (Å²) in [7, 11) is -1.76. The minimum Gasteiger partial charge on any atom is -0.543 e. The third kappa shape index (κ3) is 3.35. The van der Waals surface area contributed by atoms with Crippen molar-refractivity contribution in [3.63, 3.8) is 0 Å². The first-order valence-electron chi connectivity index (χ1n) is 5.36. The molecule has 1 rings (SSSR count). The van der Waals surface area contributed by atoms with Crippen molar-refractivity contribution in [2.24, 2.45) is 0 Å². The topological polar surface area (TPSA) is 26.3 Å². The average molecular weight is 257 g/mol. The number of benzene rings is 1. The van der Waals surface area contributed by atoms with Crippen molar-refractivity contribution >= 4 is 25.7 Å². The summed E-state index contributed by atoms with van der Waals surface area (Å²) in [5, 5.41) is 0.515. The summed E-state index contributed by atoms with van der Waals surface area (Å²) in [5.74, 6) is 0.617. The number of ketones is 1. The van der Waals surface area contributed by atoms with Crippen LogP contribution in [0.2, 0.25) is 24.7 Å². The maximum absolute atomic E-state index is 11.7. The Bertz CT molecular complexity index is 396. The fourth-order valence-electron chi connectivity index (χ4n) is 1.33. The van der Waals surface area contributed by atoms with Gasteiger partial charge in [0.1, 0.15) is 5.75 Å². The summed E-state index contributed by atoms with van der Waals surface area (Å²) >= 11 is 6.08. The third-order valence-electron chi connectivity index (χ3n) is 2.00. The van der Waals surface area contributed by atoms with E-state index in [0.717, 1.165) is 0 Å². The number of hydrogen-bond donors (Lipinski definition) is 0. The Hall–Kier alpha value is -0.803. The number of rotatable bonds is 4. The maximum Gasteiger partial charge on any atom is 0.242 e. The number of carbonyl (C=O) groups excluding carboxylic acids is 1. The number of Topliss-reactive ketones (excluding diaryl/α,β-unsaturated/α-hetero) is 1. The molecule has 0 bridgehead atoms. The van der Waals surface area contributed by atoms with Crippen LogP contribution in [0.5, 0.6) is 5.75 Å². The van der Waals surface area contributed by atoms with Crippen LogP contribution in [-0.4, -0.2) is 14.1 Å². The van der Waals surface area contributed by atoms with Crippen molar-refractivity contribution in [3.8, 4) is 5.75 Å². The molecule has 0 heterocycles. The maximum atomic E-state index is 11.7. The van der Waals surface area contributed by atoms with Gasteiger partial charge in [0.25, 0.3) is 0 Å². The highest BCUT2D eigenvalue weighted by molar-refractivity contribution is 6.70. The van der Waals surface area contributed by atoms with E-state index in [-0.39, 0.29) is 5.78 Å². The third-order valence-corrected chi connectivity index (χ3v) is 3.11. The van der Waals surface area contributed by atoms with Crippen LogP contribution >= 0.6 is 11.6 Å². The zero-order chi connectivity index (χ0) is 12.3. The molecule has 88 valence electrons. The SMILES string of the molecule is CCC(=O)c1cccc(Cl)c1O[Si](C)(C)C. The van der Waals surface area contributed by atoms with Gasteiger partial charge in [-0.15, -0.1) is 0 Å². The molecule has 0 aliphatic rings. The summed E-state index contributed by atoms with van der Waals surface area (Å²) in [6.07, 6.45) is 0.461. The second-order valence-electron chi connectivity index (χ2n) is 4.61. The molecule has 0 aliphatic heterocycles. The number of hydrogen-bond acceptors (Lipinski definition) is 2. The predicted molar refractivity (Wildman–Crippen MR) is 70.0 cm³/mol. The Morgan fingerprint density at radius 3 is 2.50 bits per heavy atom. The molecule has 0 fully saturated rings. The van der Waals surface area contributed by atoms with Crippen LogP contribution in [0, 0.1) is 0 Å². The van der Waals surface area contributed by atoms with Crippen LogP contribution in [-0.2, 0) is 0 Å². The Kier molecular flexibility index (Phi) is 4.16. The van der Waals surface area contributed by atoms with Gasteiger partial charge in [-0.1, -0.05) is 24.6 Å². The van der Waals surface area contributed by atoms with Gasteiger partial charge in [-0.05, 0) is 31.8 Å². The predicted octanol–water partition coefficient (Wildman–Crippen LogP) is 4.15. The summed E-state index contributed by atoms with van der Waals surface area (Å²) < 4.78 is 5.87. The lowest BCUT2D eigenvalue weighted by Gasteiger charge is -2.22. The van der Waals surface area contributed by atoms with Gasteiger partial charge < -0.3 is 4.43 Å². The Morgan fingerprint density at radius 2 is 2.00 bits per heavy atom. The fraction of sp³-hybridized carbons (Fsp3) is 0.417. The molecule has 16 heavy (non-hydrogen) atoms. The molecule has 0 atom stereocenters. The van der Waals surface area contributed by atoms with Gasteiger partial charge in [0.05, 0.1) is 10.6 Å². The monoisotopic (exact) mass is 256 g/mol. The van der Waals surface area contributed by atoms with E-state index in [1.165, 1.54) is 0 Å². The molecular formula is C12H17ClO2Si. The minimum atomic E-state index is -1.76. The molecule has 1 aromatic rings. The lowest BCUT2D eigenvalue weighted by atomic mass is 10.1. The van der Waals surface area contributed by atoms with Gasteiger partial charge in [0.2, 0.25) is 8.32 Å². The van der Waals surface area contributed by atoms with Gasteiger partial charge in [-0.2, -0.15) is 0 Å². The first kappa shape index (κ1) is 13.3. The lowest BCUT2D eigenvalue weighted by molar-refractivity contribution is 0.0986. The molecule has 2 nitrogen and oxygen atoms in total. The first-order chi connectivity index (χ1) is 7.35. The van der Waals surface area contributed by atoms with Crippen molar-refractivity contribution in [3.05, 3.63) is 28.8 Å². The second kappa shape index (κ2) is 5.02. The smallest absolute Gasteiger partial charge is 0.242 e. The number of para-hydroxylation sites is 1. The van der Waals surface area contributed by atoms with E-state index in [1.54, 1.807) is 18.2 Å². The summed E-state index contributed by atoms with van der Waals surface area (Å²) in [6, 6.07) is 5.30. The Morgan fingerprint density at radius 1 is 1.38 bits per heavy atom. The zero-order valence-corrected chi connectivity index (χ0v) is 11.9. The second-order valence-corrected chi connectivity index (χ2v) is 9.44. The van der Waals surface area contributed by atoms with E-state index in [2.05, 4.69) is 19.6 Å². The molecule has 0 aromatic heterocycles. The molecule has 1 aromatic carbocycles. The Balaban J connectivity index is 3.19. The highest BCUT2D eigenvalue weighted by Crippen LogP contribution is 2.31. The average Bonchev–Trinajstić information content (AvgIpc) is 2.18. The van der Waals surface area contributed by atoms with Crippen LogP contribution in [0.4, 0.5) is 0 Å². The summed E-state index contributed by atoms with van der Waals surface area (Å²) in [5.41, 5.74) is 0.595. The molecule has 0 amide bonds. The summed E-state index contributed by atoms with van der Waals surface area (Å²) in [4.78, 5) is 11.7. The molecule has 0 radical (unpaired) electrons. The van der Waals surface area contributed by atoms with Crippen LogP contribution < -0.4 is 4.43 Å². The van der Waals surface area contributed by atoms with Crippen molar-refractivity contribution in [1.82, 2.24) is 0 Å². The molecule has 0 saturated carbocycles. The van der Waals surface area contributed by atoms with E-state index in [0.29, 0.717) is 22.8 Å². The van der Waals surface area contributed by atoms with E-state index >= 15 is 0 Å². The summed E-state index contributed by atoms with van der Waals surface area (Å²) in [6.45, 7) is 8.03. The first-order valence-corrected chi connectivity index (χ1v) is 9.14. The number of halogens is 1. The largest absolute Gasteiger partial charge is 0.543 e. The van der Waals surface area contributed by atoms with Gasteiger partial charge in [0.15, 0.2) is 5.78 Å². The van der Waals surface area contributed by atoms with Gasteiger partial charge >= 0.3 is 0 Å². The van der Waals surface area contributed by atoms with E-state index in [1.807, 2.05) is 6.92 Å². The van der Waals surface area contributed by atoms with Crippen LogP contribution in [0.15, 0.2) is 18.2 Å². The molecule has 0 N–H and O–H groups in total. The van der Waals surface area contributed by atoms with Crippen LogP contribution in [0.1, 0.15) is 23.7 Å². The molecule has 0 unspecified atom stereocenters. The zero-order valence-electron chi connectivity index (χ0n) is 10.1. The fourth-order valence-corrected chi connectivity index (χ4v) is 2.44. The van der Waals surface area contributed by atoms with E-state index < -0.39 is 8.32 Å². The Labute approximate surface area is 103 Å². The van der Waals surface area contributed by atoms with Gasteiger partial charge in [-0.3, -0.25) is 4.79 Å². The minimum absolute atomic E-state index is 0.0655. The van der Waals surface area contributed by atoms with E-state index in [9.17, 15) is 4.79 Å². The van der Waals surface area contributed by atoms with Gasteiger partial charge in [-0.25, -0.2) is 0 Å². The highest BCUT2D eigenvalue weighted by atomic mass is 35.5. The molecule has 0 saturated heterocycles. The van der Waals surface area contributed by atoms with Crippen molar-refractivity contribution in [1.29, 1.82) is 0 Å². The molecule has 0 aliphatic carbocycles. The lowest BCUT2D eigenvalue weighted by Crippen LogP contribution is -2.30. The van der Waals surface area contributed by atoms with Crippen LogP contribution in [0.3, 0.4) is 0 Å². The van der Waals surface area contributed by atoms with E-state index in [4.69, 9.17) is 16.0 Å². The molecule has 0 spiro atoms. The standard InChI is InChI=1S/C12H17ClO2Si/c1-5-11(14)9-7-6-8-10(13)12(9)15-16(2,3)4/h6-8H,5H2,1-4H3. The molecular weight excluding hydrogens is 240 g/mol. The number of carbonyl (C=O) groups is 1. The molecule has 4 heteroatoms. The van der Waals surface area contributed by atoms with Gasteiger partial charge in [0, 0.05) is 6.42 Å². The van der Waals surface area contributed by atoms with Crippen molar-refractivity contribution < 1.29 is 9.22 Å².